The summed E-state index contributed by atoms with van der Waals surface area (Å²) in [5, 5.41) is 12.5. The number of rotatable bonds is 5. The van der Waals surface area contributed by atoms with Crippen LogP contribution in [0.25, 0.3) is 34.4 Å². The summed E-state index contributed by atoms with van der Waals surface area (Å²) >= 11 is 0. The molecule has 0 unspecified atom stereocenters. The topological polar surface area (TPSA) is 109 Å². The molecule has 5 rings (SSSR count). The maximum atomic E-state index is 5.89. The first kappa shape index (κ1) is 18.9. The summed E-state index contributed by atoms with van der Waals surface area (Å²) in [6.45, 7) is 6.26. The van der Waals surface area contributed by atoms with Gasteiger partial charge < -0.3 is 8.94 Å². The van der Waals surface area contributed by atoms with Crippen LogP contribution in [0.3, 0.4) is 0 Å². The predicted octanol–water partition coefficient (Wildman–Crippen LogP) is 4.02. The molecule has 4 heterocycles. The van der Waals surface area contributed by atoms with E-state index in [2.05, 4.69) is 30.4 Å². The summed E-state index contributed by atoms with van der Waals surface area (Å²) in [4.78, 5) is 13.2. The van der Waals surface area contributed by atoms with E-state index >= 15 is 0 Å². The normalized spacial score (nSPS) is 11.2. The second kappa shape index (κ2) is 7.60. The first-order chi connectivity index (χ1) is 15.1. The fraction of sp³-hybridized carbons (Fsp3) is 0.182. The molecular formula is C22H19N7O2. The second-order valence-electron chi connectivity index (χ2n) is 7.24. The van der Waals surface area contributed by atoms with Gasteiger partial charge in [0, 0.05) is 23.5 Å². The van der Waals surface area contributed by atoms with Gasteiger partial charge in [-0.1, -0.05) is 28.1 Å². The zero-order valence-corrected chi connectivity index (χ0v) is 17.3. The van der Waals surface area contributed by atoms with Crippen LogP contribution < -0.4 is 0 Å². The van der Waals surface area contributed by atoms with E-state index in [4.69, 9.17) is 8.94 Å². The van der Waals surface area contributed by atoms with Crippen LogP contribution in [0, 0.1) is 20.8 Å². The molecule has 0 saturated carbocycles. The number of benzene rings is 1. The Labute approximate surface area is 177 Å². The molecule has 0 amide bonds. The lowest BCUT2D eigenvalue weighted by molar-refractivity contribution is 0.430. The van der Waals surface area contributed by atoms with E-state index in [1.54, 1.807) is 17.1 Å². The quantitative estimate of drug-likeness (QED) is 0.425. The third-order valence-corrected chi connectivity index (χ3v) is 4.99. The molecule has 0 aliphatic carbocycles. The monoisotopic (exact) mass is 413 g/mol. The average molecular weight is 413 g/mol. The molecule has 0 fully saturated rings. The summed E-state index contributed by atoms with van der Waals surface area (Å²) < 4.78 is 13.0. The van der Waals surface area contributed by atoms with Crippen LogP contribution in [-0.4, -0.2) is 35.1 Å². The average Bonchev–Trinajstić information content (AvgIpc) is 3.49. The van der Waals surface area contributed by atoms with Gasteiger partial charge in [0.1, 0.15) is 11.5 Å². The SMILES string of the molecule is Cc1cccc(-c2nc(Cn3nnc(-c4nc(-c5cccnc5)no4)c3C)c(C)o2)c1. The molecule has 31 heavy (non-hydrogen) atoms. The van der Waals surface area contributed by atoms with Gasteiger partial charge >= 0.3 is 0 Å². The number of aryl methyl sites for hydroxylation is 2. The molecule has 0 atom stereocenters. The van der Waals surface area contributed by atoms with Crippen molar-refractivity contribution in [1.29, 1.82) is 0 Å². The second-order valence-corrected chi connectivity index (χ2v) is 7.24. The van der Waals surface area contributed by atoms with Crippen LogP contribution in [-0.2, 0) is 6.54 Å². The van der Waals surface area contributed by atoms with Gasteiger partial charge in [0.25, 0.3) is 5.89 Å². The van der Waals surface area contributed by atoms with Crippen molar-refractivity contribution in [1.82, 2.24) is 35.1 Å². The Hall–Kier alpha value is -4.14. The van der Waals surface area contributed by atoms with Gasteiger partial charge in [-0.2, -0.15) is 4.98 Å². The number of hydrogen-bond acceptors (Lipinski definition) is 8. The lowest BCUT2D eigenvalue weighted by Gasteiger charge is -2.00. The Balaban J connectivity index is 1.41. The van der Waals surface area contributed by atoms with Crippen molar-refractivity contribution in [2.24, 2.45) is 0 Å². The fourth-order valence-corrected chi connectivity index (χ4v) is 3.26. The summed E-state index contributed by atoms with van der Waals surface area (Å²) in [7, 11) is 0. The predicted molar refractivity (Wildman–Crippen MR) is 112 cm³/mol. The lowest BCUT2D eigenvalue weighted by Crippen LogP contribution is -2.05. The van der Waals surface area contributed by atoms with Gasteiger partial charge in [0.15, 0.2) is 5.69 Å². The summed E-state index contributed by atoms with van der Waals surface area (Å²) in [5.74, 6) is 2.09. The van der Waals surface area contributed by atoms with Crippen molar-refractivity contribution in [2.45, 2.75) is 27.3 Å². The molecule has 9 heteroatoms. The van der Waals surface area contributed by atoms with E-state index in [0.717, 1.165) is 33.8 Å². The van der Waals surface area contributed by atoms with Crippen LogP contribution >= 0.6 is 0 Å². The Bertz CT molecular complexity index is 1350. The molecule has 1 aromatic carbocycles. The molecule has 4 aromatic heterocycles. The third-order valence-electron chi connectivity index (χ3n) is 4.99. The van der Waals surface area contributed by atoms with Gasteiger partial charge in [0.05, 0.1) is 12.2 Å². The van der Waals surface area contributed by atoms with Crippen LogP contribution in [0.2, 0.25) is 0 Å². The van der Waals surface area contributed by atoms with Gasteiger partial charge in [0.2, 0.25) is 11.7 Å². The highest BCUT2D eigenvalue weighted by atomic mass is 16.5. The number of pyridine rings is 1. The Morgan fingerprint density at radius 2 is 1.84 bits per heavy atom. The first-order valence-electron chi connectivity index (χ1n) is 9.76. The highest BCUT2D eigenvalue weighted by Gasteiger charge is 2.20. The largest absolute Gasteiger partial charge is 0.441 e. The molecule has 0 N–H and O–H groups in total. The van der Waals surface area contributed by atoms with Crippen molar-refractivity contribution in [3.8, 4) is 34.4 Å². The molecule has 5 aromatic rings. The Morgan fingerprint density at radius 1 is 0.968 bits per heavy atom. The van der Waals surface area contributed by atoms with E-state index in [1.807, 2.05) is 57.2 Å². The van der Waals surface area contributed by atoms with Crippen LogP contribution in [0.4, 0.5) is 0 Å². The molecular weight excluding hydrogens is 394 g/mol. The summed E-state index contributed by atoms with van der Waals surface area (Å²) in [5.41, 5.74) is 4.97. The summed E-state index contributed by atoms with van der Waals surface area (Å²) in [6.07, 6.45) is 3.37. The Morgan fingerprint density at radius 3 is 2.65 bits per heavy atom. The maximum Gasteiger partial charge on any atom is 0.280 e. The smallest absolute Gasteiger partial charge is 0.280 e. The highest BCUT2D eigenvalue weighted by molar-refractivity contribution is 5.58. The minimum atomic E-state index is 0.305. The Kier molecular flexibility index (Phi) is 4.62. The molecule has 0 aliphatic rings. The van der Waals surface area contributed by atoms with Gasteiger partial charge in [-0.05, 0) is 45.0 Å². The van der Waals surface area contributed by atoms with Crippen molar-refractivity contribution in [3.63, 3.8) is 0 Å². The standard InChI is InChI=1S/C22H19N7O2/c1-13-6-4-7-16(10-13)21-24-18(15(3)30-21)12-29-14(2)19(26-28-29)22-25-20(27-31-22)17-8-5-9-23-11-17/h4-11H,12H2,1-3H3. The number of nitrogens with zero attached hydrogens (tertiary/aromatic N) is 7. The number of aromatic nitrogens is 7. The molecule has 0 aliphatic heterocycles. The summed E-state index contributed by atoms with van der Waals surface area (Å²) in [6, 6.07) is 11.7. The minimum Gasteiger partial charge on any atom is -0.441 e. The molecule has 0 bridgehead atoms. The molecule has 0 radical (unpaired) electrons. The minimum absolute atomic E-state index is 0.305. The van der Waals surface area contributed by atoms with E-state index in [-0.39, 0.29) is 0 Å². The van der Waals surface area contributed by atoms with Crippen molar-refractivity contribution >= 4 is 0 Å². The van der Waals surface area contributed by atoms with E-state index in [0.29, 0.717) is 29.8 Å². The van der Waals surface area contributed by atoms with E-state index < -0.39 is 0 Å². The van der Waals surface area contributed by atoms with Crippen LogP contribution in [0.15, 0.2) is 57.7 Å². The maximum absolute atomic E-state index is 5.89. The number of oxazole rings is 1. The van der Waals surface area contributed by atoms with Gasteiger partial charge in [-0.15, -0.1) is 5.10 Å². The van der Waals surface area contributed by atoms with Crippen molar-refractivity contribution in [2.75, 3.05) is 0 Å². The van der Waals surface area contributed by atoms with Crippen LogP contribution in [0.1, 0.15) is 22.7 Å². The van der Waals surface area contributed by atoms with Crippen LogP contribution in [0.5, 0.6) is 0 Å². The molecule has 154 valence electrons. The zero-order valence-electron chi connectivity index (χ0n) is 17.3. The first-order valence-corrected chi connectivity index (χ1v) is 9.76. The van der Waals surface area contributed by atoms with Crippen molar-refractivity contribution < 1.29 is 8.94 Å². The molecule has 9 nitrogen and oxygen atoms in total. The molecule has 0 saturated heterocycles. The number of hydrogen-bond donors (Lipinski definition) is 0. The van der Waals surface area contributed by atoms with Gasteiger partial charge in [-0.25, -0.2) is 9.67 Å². The van der Waals surface area contributed by atoms with E-state index in [9.17, 15) is 0 Å². The zero-order chi connectivity index (χ0) is 21.4. The fourth-order valence-electron chi connectivity index (χ4n) is 3.26. The van der Waals surface area contributed by atoms with Crippen molar-refractivity contribution in [3.05, 3.63) is 71.5 Å². The van der Waals surface area contributed by atoms with Gasteiger partial charge in [-0.3, -0.25) is 4.98 Å². The lowest BCUT2D eigenvalue weighted by atomic mass is 10.1. The highest BCUT2D eigenvalue weighted by Crippen LogP contribution is 2.25. The van der Waals surface area contributed by atoms with E-state index in [1.165, 1.54) is 0 Å². The third kappa shape index (κ3) is 3.61. The molecule has 0 spiro atoms.